The fourth-order valence-electron chi connectivity index (χ4n) is 1.68. The molecule has 0 saturated carbocycles. The minimum Gasteiger partial charge on any atom is -0.355 e. The zero-order chi connectivity index (χ0) is 13.4. The predicted molar refractivity (Wildman–Crippen MR) is 87.5 cm³/mol. The monoisotopic (exact) mass is 321 g/mol. The molecule has 0 unspecified atom stereocenters. The van der Waals surface area contributed by atoms with E-state index in [4.69, 9.17) is 5.73 Å². The first-order valence-corrected chi connectivity index (χ1v) is 6.57. The molecular weight excluding hydrogens is 297 g/mol. The molecule has 1 heterocycles. The van der Waals surface area contributed by atoms with Crippen LogP contribution in [0, 0.1) is 5.92 Å². The quantitative estimate of drug-likeness (QED) is 0.757. The van der Waals surface area contributed by atoms with E-state index in [1.54, 1.807) is 12.4 Å². The van der Waals surface area contributed by atoms with Gasteiger partial charge in [0.05, 0.1) is 6.04 Å². The Morgan fingerprint density at radius 3 is 2.50 bits per heavy atom. The van der Waals surface area contributed by atoms with E-state index in [0.29, 0.717) is 6.54 Å². The molecule has 20 heavy (non-hydrogen) atoms. The summed E-state index contributed by atoms with van der Waals surface area (Å²) < 4.78 is 0. The third-order valence-corrected chi connectivity index (χ3v) is 3.25. The maximum atomic E-state index is 11.7. The second kappa shape index (κ2) is 11.9. The van der Waals surface area contributed by atoms with Crippen LogP contribution in [0.15, 0.2) is 24.5 Å². The number of aromatic nitrogens is 1. The van der Waals surface area contributed by atoms with Crippen molar-refractivity contribution in [1.82, 2.24) is 10.3 Å². The number of hydrogen-bond donors (Lipinski definition) is 2. The van der Waals surface area contributed by atoms with Crippen molar-refractivity contribution in [3.05, 3.63) is 30.1 Å². The lowest BCUT2D eigenvalue weighted by atomic mass is 9.99. The van der Waals surface area contributed by atoms with Crippen molar-refractivity contribution in [3.63, 3.8) is 0 Å². The molecule has 3 N–H and O–H groups in total. The number of aryl methyl sites for hydroxylation is 1. The number of hydrogen-bond acceptors (Lipinski definition) is 3. The number of pyridine rings is 1. The van der Waals surface area contributed by atoms with Crippen LogP contribution in [0.25, 0.3) is 0 Å². The lowest BCUT2D eigenvalue weighted by molar-refractivity contribution is -0.123. The number of halogens is 2. The molecule has 0 aliphatic carbocycles. The van der Waals surface area contributed by atoms with E-state index < -0.39 is 6.04 Å². The second-order valence-corrected chi connectivity index (χ2v) is 4.66. The Hall–Kier alpha value is -0.840. The van der Waals surface area contributed by atoms with Gasteiger partial charge in [0, 0.05) is 18.9 Å². The number of nitrogens with two attached hydrogens (primary N) is 1. The van der Waals surface area contributed by atoms with Gasteiger partial charge in [-0.25, -0.2) is 0 Å². The first kappa shape index (κ1) is 21.5. The molecule has 116 valence electrons. The van der Waals surface area contributed by atoms with E-state index in [9.17, 15) is 4.79 Å². The largest absolute Gasteiger partial charge is 0.355 e. The molecule has 0 spiro atoms. The maximum Gasteiger partial charge on any atom is 0.237 e. The van der Waals surface area contributed by atoms with E-state index >= 15 is 0 Å². The smallest absolute Gasteiger partial charge is 0.237 e. The van der Waals surface area contributed by atoms with E-state index in [1.165, 1.54) is 5.56 Å². The van der Waals surface area contributed by atoms with E-state index in [1.807, 2.05) is 26.0 Å². The summed E-state index contributed by atoms with van der Waals surface area (Å²) in [5.41, 5.74) is 7.09. The summed E-state index contributed by atoms with van der Waals surface area (Å²) >= 11 is 0. The molecule has 0 aromatic carbocycles. The van der Waals surface area contributed by atoms with Gasteiger partial charge in [-0.2, -0.15) is 0 Å². The number of carbonyl (C=O) groups excluding carboxylic acids is 1. The first-order valence-electron chi connectivity index (χ1n) is 6.57. The number of amides is 1. The van der Waals surface area contributed by atoms with Gasteiger partial charge in [-0.05, 0) is 36.5 Å². The van der Waals surface area contributed by atoms with Gasteiger partial charge in [0.25, 0.3) is 0 Å². The molecular formula is C14H25Cl2N3O. The molecule has 2 atom stereocenters. The van der Waals surface area contributed by atoms with Gasteiger partial charge in [0.2, 0.25) is 5.91 Å². The highest BCUT2D eigenvalue weighted by Gasteiger charge is 2.18. The summed E-state index contributed by atoms with van der Waals surface area (Å²) in [4.78, 5) is 15.7. The second-order valence-electron chi connectivity index (χ2n) is 4.66. The van der Waals surface area contributed by atoms with Crippen LogP contribution in [0.1, 0.15) is 32.3 Å². The minimum absolute atomic E-state index is 0. The SMILES string of the molecule is CC[C@H](C)[C@H](N)C(=O)NCCCc1ccncc1.Cl.Cl. The molecule has 0 aliphatic rings. The number of carbonyl (C=O) groups is 1. The summed E-state index contributed by atoms with van der Waals surface area (Å²) in [6.07, 6.45) is 6.36. The Balaban J connectivity index is 0. The van der Waals surface area contributed by atoms with Crippen molar-refractivity contribution in [2.45, 2.75) is 39.2 Å². The van der Waals surface area contributed by atoms with Gasteiger partial charge in [0.15, 0.2) is 0 Å². The van der Waals surface area contributed by atoms with Crippen LogP contribution in [-0.2, 0) is 11.2 Å². The average molecular weight is 322 g/mol. The van der Waals surface area contributed by atoms with Crippen LogP contribution in [-0.4, -0.2) is 23.5 Å². The molecule has 0 aliphatic heterocycles. The standard InChI is InChI=1S/C14H23N3O.2ClH/c1-3-11(2)13(15)14(18)17-8-4-5-12-6-9-16-10-7-12;;/h6-7,9-11,13H,3-5,8,15H2,1-2H3,(H,17,18);2*1H/t11-,13-;;/m0../s1. The van der Waals surface area contributed by atoms with Crippen molar-refractivity contribution >= 4 is 30.7 Å². The summed E-state index contributed by atoms with van der Waals surface area (Å²) in [6.45, 7) is 4.72. The van der Waals surface area contributed by atoms with Gasteiger partial charge >= 0.3 is 0 Å². The van der Waals surface area contributed by atoms with Crippen LogP contribution in [0.3, 0.4) is 0 Å². The Morgan fingerprint density at radius 2 is 1.95 bits per heavy atom. The van der Waals surface area contributed by atoms with Gasteiger partial charge in [0.1, 0.15) is 0 Å². The van der Waals surface area contributed by atoms with Crippen LogP contribution < -0.4 is 11.1 Å². The van der Waals surface area contributed by atoms with Crippen molar-refractivity contribution in [2.24, 2.45) is 11.7 Å². The fourth-order valence-corrected chi connectivity index (χ4v) is 1.68. The zero-order valence-electron chi connectivity index (χ0n) is 12.0. The highest BCUT2D eigenvalue weighted by Crippen LogP contribution is 2.05. The molecule has 1 amide bonds. The highest BCUT2D eigenvalue weighted by atomic mass is 35.5. The highest BCUT2D eigenvalue weighted by molar-refractivity contribution is 5.85. The molecule has 1 aromatic rings. The number of nitrogens with zero attached hydrogens (tertiary/aromatic N) is 1. The summed E-state index contributed by atoms with van der Waals surface area (Å²) in [7, 11) is 0. The van der Waals surface area contributed by atoms with Crippen molar-refractivity contribution in [2.75, 3.05) is 6.54 Å². The van der Waals surface area contributed by atoms with Crippen molar-refractivity contribution < 1.29 is 4.79 Å². The third kappa shape index (κ3) is 7.68. The van der Waals surface area contributed by atoms with Gasteiger partial charge in [-0.3, -0.25) is 9.78 Å². The van der Waals surface area contributed by atoms with Crippen molar-refractivity contribution in [1.29, 1.82) is 0 Å². The lowest BCUT2D eigenvalue weighted by Crippen LogP contribution is -2.44. The lowest BCUT2D eigenvalue weighted by Gasteiger charge is -2.17. The first-order chi connectivity index (χ1) is 8.65. The summed E-state index contributed by atoms with van der Waals surface area (Å²) in [6, 6.07) is 3.59. The normalized spacial score (nSPS) is 12.6. The van der Waals surface area contributed by atoms with Gasteiger partial charge < -0.3 is 11.1 Å². The van der Waals surface area contributed by atoms with Crippen LogP contribution in [0.2, 0.25) is 0 Å². The minimum atomic E-state index is -0.393. The van der Waals surface area contributed by atoms with Crippen LogP contribution in [0.4, 0.5) is 0 Å². The summed E-state index contributed by atoms with van der Waals surface area (Å²) in [5.74, 6) is 0.185. The molecule has 1 rings (SSSR count). The predicted octanol–water partition coefficient (Wildman–Crippen LogP) is 2.35. The molecule has 0 saturated heterocycles. The van der Waals surface area contributed by atoms with Gasteiger partial charge in [-0.1, -0.05) is 20.3 Å². The van der Waals surface area contributed by atoms with Crippen LogP contribution >= 0.6 is 24.8 Å². The molecule has 1 aromatic heterocycles. The molecule has 0 bridgehead atoms. The zero-order valence-corrected chi connectivity index (χ0v) is 13.7. The Bertz CT molecular complexity index is 363. The van der Waals surface area contributed by atoms with E-state index in [2.05, 4.69) is 10.3 Å². The van der Waals surface area contributed by atoms with Crippen LogP contribution in [0.5, 0.6) is 0 Å². The fraction of sp³-hybridized carbons (Fsp3) is 0.571. The average Bonchev–Trinajstić information content (AvgIpc) is 2.42. The summed E-state index contributed by atoms with van der Waals surface area (Å²) in [5, 5.41) is 2.89. The molecule has 0 radical (unpaired) electrons. The maximum absolute atomic E-state index is 11.7. The molecule has 0 fully saturated rings. The number of rotatable bonds is 7. The Morgan fingerprint density at radius 1 is 1.35 bits per heavy atom. The van der Waals surface area contributed by atoms with E-state index in [0.717, 1.165) is 19.3 Å². The molecule has 6 heteroatoms. The molecule has 4 nitrogen and oxygen atoms in total. The van der Waals surface area contributed by atoms with E-state index in [-0.39, 0.29) is 36.6 Å². The Kier molecular flexibility index (Phi) is 12.8. The van der Waals surface area contributed by atoms with Gasteiger partial charge in [-0.15, -0.1) is 24.8 Å². The van der Waals surface area contributed by atoms with Crippen molar-refractivity contribution in [3.8, 4) is 0 Å². The topological polar surface area (TPSA) is 68.0 Å². The number of nitrogens with one attached hydrogen (secondary N) is 1. The third-order valence-electron chi connectivity index (χ3n) is 3.25. The Labute approximate surface area is 133 Å².